The van der Waals surface area contributed by atoms with Gasteiger partial charge in [0, 0.05) is 5.39 Å². The molecular weight excluding hydrogens is 720 g/mol. The second-order valence-corrected chi connectivity index (χ2v) is 12.8. The molecule has 0 fully saturated rings. The minimum Gasteiger partial charge on any atom is -0.505 e. The lowest BCUT2D eigenvalue weighted by molar-refractivity contribution is -0.432. The number of nitrogens with zero attached hydrogens (tertiary/aromatic N) is 5. The zero-order valence-corrected chi connectivity index (χ0v) is 26.8. The van der Waals surface area contributed by atoms with Crippen molar-refractivity contribution in [2.45, 2.75) is 23.3 Å². The highest BCUT2D eigenvalue weighted by Crippen LogP contribution is 2.51. The number of halogens is 1. The van der Waals surface area contributed by atoms with Crippen molar-refractivity contribution in [3.05, 3.63) is 59.1 Å². The predicted molar refractivity (Wildman–Crippen MR) is 164 cm³/mol. The summed E-state index contributed by atoms with van der Waals surface area (Å²) in [5.74, 6) is -0.847. The van der Waals surface area contributed by atoms with Gasteiger partial charge in [-0.05, 0) is 59.8 Å². The van der Waals surface area contributed by atoms with Gasteiger partial charge in [0.1, 0.15) is 34.9 Å². The Bertz CT molecular complexity index is 1810. The molecule has 0 saturated carbocycles. The van der Waals surface area contributed by atoms with Crippen LogP contribution in [0.15, 0.2) is 62.5 Å². The number of hydrogen-bond donors (Lipinski definition) is 7. The van der Waals surface area contributed by atoms with Crippen LogP contribution in [0.2, 0.25) is 5.28 Å². The van der Waals surface area contributed by atoms with Crippen molar-refractivity contribution >= 4 is 90.7 Å². The lowest BCUT2D eigenvalue weighted by atomic mass is 10.1. The number of phenolic OH excluding ortho intramolecular Hbond substituents is 1. The molecule has 4 aromatic rings. The lowest BCUT2D eigenvalue weighted by Gasteiger charge is -2.22. The van der Waals surface area contributed by atoms with Crippen LogP contribution >= 0.6 is 46.6 Å². The van der Waals surface area contributed by atoms with Gasteiger partial charge in [0.05, 0.1) is 45.3 Å². The molecule has 19 nitrogen and oxygen atoms in total. The normalized spacial score (nSPS) is 12.7. The maximum absolute atomic E-state index is 11.4. The maximum atomic E-state index is 11.4. The first-order valence-electron chi connectivity index (χ1n) is 11.9. The van der Waals surface area contributed by atoms with Crippen LogP contribution in [0.25, 0.3) is 10.8 Å². The first-order valence-corrected chi connectivity index (χ1v) is 16.8. The zero-order chi connectivity index (χ0) is 33.5. The van der Waals surface area contributed by atoms with Gasteiger partial charge in [-0.1, -0.05) is 17.2 Å². The minimum atomic E-state index is -4.60. The molecule has 46 heavy (non-hydrogen) atoms. The SMILES string of the molecule is Cc1nc(Cl)nc(Nc2cc(S(O)(O)O)cc3cc(SOOO)c(N=Nc4ccc(COOSCOS(=O)(=O)O)cc4)c(O)c23)n1. The first kappa shape index (κ1) is 35.9. The van der Waals surface area contributed by atoms with Crippen LogP contribution in [0.3, 0.4) is 0 Å². The van der Waals surface area contributed by atoms with Crippen molar-refractivity contribution in [2.75, 3.05) is 11.3 Å². The Morgan fingerprint density at radius 3 is 2.39 bits per heavy atom. The number of rotatable bonds is 15. The molecule has 1 heterocycles. The predicted octanol–water partition coefficient (Wildman–Crippen LogP) is 6.74. The van der Waals surface area contributed by atoms with Crippen LogP contribution < -0.4 is 5.32 Å². The van der Waals surface area contributed by atoms with E-state index in [-0.39, 0.29) is 55.6 Å². The number of aryl methyl sites for hydroxylation is 1. The molecule has 3 aromatic carbocycles. The molecule has 0 aliphatic heterocycles. The fourth-order valence-electron chi connectivity index (χ4n) is 3.55. The third-order valence-electron chi connectivity index (χ3n) is 5.33. The van der Waals surface area contributed by atoms with E-state index >= 15 is 0 Å². The molecule has 0 atom stereocenters. The number of anilines is 2. The second-order valence-electron chi connectivity index (χ2n) is 8.46. The standard InChI is InChI=1S/C22H21ClN6O13S4/c1-11-24-21(23)27-22(25-11)26-16-8-15(45(32,33)34)6-13-7-17(44-42-40-31)19(20(30)18(13)16)29-28-14-4-2-12(3-5-14)9-38-41-43-10-39-46(35,36)37/h2-8,30-34H,9-10H2,1H3,(H,35,36,37)(H,24,25,26,27). The topological polar surface area (TPSA) is 277 Å². The molecule has 7 N–H and O–H groups in total. The Kier molecular flexibility index (Phi) is 12.3. The fourth-order valence-corrected chi connectivity index (χ4v) is 5.60. The summed E-state index contributed by atoms with van der Waals surface area (Å²) in [4.78, 5) is 16.6. The molecule has 24 heteroatoms. The van der Waals surface area contributed by atoms with Crippen molar-refractivity contribution in [1.29, 1.82) is 0 Å². The highest BCUT2D eigenvalue weighted by atomic mass is 35.5. The Balaban J connectivity index is 1.65. The number of nitrogens with one attached hydrogen (secondary N) is 1. The van der Waals surface area contributed by atoms with E-state index in [2.05, 4.69) is 48.4 Å². The molecule has 0 amide bonds. The number of azo groups is 1. The van der Waals surface area contributed by atoms with Crippen molar-refractivity contribution in [1.82, 2.24) is 15.0 Å². The van der Waals surface area contributed by atoms with Crippen molar-refractivity contribution in [2.24, 2.45) is 10.2 Å². The van der Waals surface area contributed by atoms with Crippen molar-refractivity contribution < 1.29 is 59.8 Å². The molecule has 0 spiro atoms. The van der Waals surface area contributed by atoms with Crippen molar-refractivity contribution in [3.63, 3.8) is 0 Å². The number of fused-ring (bicyclic) bond motifs is 1. The molecule has 4 rings (SSSR count). The number of phenols is 1. The molecule has 0 aliphatic carbocycles. The second kappa shape index (κ2) is 15.7. The summed E-state index contributed by atoms with van der Waals surface area (Å²) in [6, 6.07) is 10.0. The third kappa shape index (κ3) is 10.3. The van der Waals surface area contributed by atoms with Gasteiger partial charge < -0.3 is 24.1 Å². The van der Waals surface area contributed by atoms with Gasteiger partial charge in [-0.25, -0.2) is 19.3 Å². The van der Waals surface area contributed by atoms with E-state index in [1.54, 1.807) is 31.2 Å². The molecule has 1 aromatic heterocycles. The monoisotopic (exact) mass is 740 g/mol. The molecule has 0 saturated heterocycles. The summed E-state index contributed by atoms with van der Waals surface area (Å²) in [7, 11) is -8.84. The molecule has 0 unspecified atom stereocenters. The number of aromatic hydroxyl groups is 1. The van der Waals surface area contributed by atoms with Gasteiger partial charge >= 0.3 is 10.4 Å². The van der Waals surface area contributed by atoms with Gasteiger partial charge in [-0.3, -0.25) is 4.55 Å². The van der Waals surface area contributed by atoms with Crippen LogP contribution in [0.5, 0.6) is 5.75 Å². The van der Waals surface area contributed by atoms with E-state index < -0.39 is 33.0 Å². The summed E-state index contributed by atoms with van der Waals surface area (Å²) in [5, 5.41) is 34.9. The molecule has 0 radical (unpaired) electrons. The van der Waals surface area contributed by atoms with Gasteiger partial charge in [-0.2, -0.15) is 27.8 Å². The van der Waals surface area contributed by atoms with Gasteiger partial charge in [-0.15, -0.1) is 9.45 Å². The van der Waals surface area contributed by atoms with E-state index in [4.69, 9.17) is 26.3 Å². The average molecular weight is 741 g/mol. The zero-order valence-electron chi connectivity index (χ0n) is 22.7. The van der Waals surface area contributed by atoms with Crippen LogP contribution in [0.1, 0.15) is 11.4 Å². The van der Waals surface area contributed by atoms with Crippen LogP contribution in [0.4, 0.5) is 23.0 Å². The lowest BCUT2D eigenvalue weighted by Crippen LogP contribution is -2.03. The number of hydrogen-bond acceptors (Lipinski definition) is 20. The summed E-state index contributed by atoms with van der Waals surface area (Å²) in [6.45, 7) is 1.50. The number of aromatic nitrogens is 3. The van der Waals surface area contributed by atoms with Gasteiger partial charge in [0.15, 0.2) is 5.75 Å². The van der Waals surface area contributed by atoms with Crippen LogP contribution in [-0.4, -0.2) is 57.9 Å². The summed E-state index contributed by atoms with van der Waals surface area (Å²) in [5.41, 5.74) is 0.759. The van der Waals surface area contributed by atoms with E-state index in [0.29, 0.717) is 35.3 Å². The van der Waals surface area contributed by atoms with Crippen LogP contribution in [0, 0.1) is 6.92 Å². The Morgan fingerprint density at radius 2 is 1.74 bits per heavy atom. The van der Waals surface area contributed by atoms with E-state index in [9.17, 15) is 27.2 Å². The van der Waals surface area contributed by atoms with Crippen molar-refractivity contribution in [3.8, 4) is 5.75 Å². The van der Waals surface area contributed by atoms with E-state index in [0.717, 1.165) is 6.07 Å². The summed E-state index contributed by atoms with van der Waals surface area (Å²) >= 11 is 6.86. The molecule has 0 bridgehead atoms. The maximum Gasteiger partial charge on any atom is 0.398 e. The van der Waals surface area contributed by atoms with E-state index in [1.807, 2.05) is 0 Å². The highest BCUT2D eigenvalue weighted by Gasteiger charge is 2.24. The minimum absolute atomic E-state index is 0.00213. The van der Waals surface area contributed by atoms with E-state index in [1.165, 1.54) is 12.1 Å². The summed E-state index contributed by atoms with van der Waals surface area (Å²) in [6.07, 6.45) is 0. The quantitative estimate of drug-likeness (QED) is 0.0126. The average Bonchev–Trinajstić information content (AvgIpc) is 2.96. The molecule has 0 aliphatic rings. The van der Waals surface area contributed by atoms with Gasteiger partial charge in [0.2, 0.25) is 11.2 Å². The Labute approximate surface area is 274 Å². The fraction of sp³-hybridized carbons (Fsp3) is 0.136. The smallest absolute Gasteiger partial charge is 0.398 e. The largest absolute Gasteiger partial charge is 0.505 e. The molecule has 248 valence electrons. The van der Waals surface area contributed by atoms with Crippen LogP contribution in [-0.2, 0) is 39.8 Å². The van der Waals surface area contributed by atoms with Gasteiger partial charge in [0.25, 0.3) is 0 Å². The molecular formula is C22H21ClN6O13S4. The first-order chi connectivity index (χ1) is 21.7. The highest BCUT2D eigenvalue weighted by molar-refractivity contribution is 8.19. The number of benzene rings is 3. The Morgan fingerprint density at radius 1 is 1.00 bits per heavy atom. The third-order valence-corrected chi connectivity index (χ3v) is 7.96. The summed E-state index contributed by atoms with van der Waals surface area (Å²) < 4.78 is 72.7. The Hall–Kier alpha value is -2.98.